The van der Waals surface area contributed by atoms with Gasteiger partial charge in [-0.25, -0.2) is 13.2 Å². The highest BCUT2D eigenvalue weighted by Crippen LogP contribution is 2.38. The van der Waals surface area contributed by atoms with Gasteiger partial charge in [-0.3, -0.25) is 9.52 Å². The molecule has 0 aliphatic carbocycles. The molecule has 0 saturated heterocycles. The Morgan fingerprint density at radius 3 is 1.97 bits per heavy atom. The lowest BCUT2D eigenvalue weighted by Crippen LogP contribution is -2.28. The maximum Gasteiger partial charge on any atom is 0.338 e. The number of rotatable bonds is 11. The highest BCUT2D eigenvalue weighted by molar-refractivity contribution is 7.92. The van der Waals surface area contributed by atoms with E-state index in [0.29, 0.717) is 22.9 Å². The topological polar surface area (TPSA) is 129 Å². The van der Waals surface area contributed by atoms with Crippen LogP contribution in [0.2, 0.25) is 0 Å². The average Bonchev–Trinajstić information content (AvgIpc) is 2.90. The van der Waals surface area contributed by atoms with Crippen molar-refractivity contribution in [1.82, 2.24) is 5.32 Å². The maximum absolute atomic E-state index is 12.5. The lowest BCUT2D eigenvalue weighted by Gasteiger charge is -2.14. The van der Waals surface area contributed by atoms with E-state index >= 15 is 0 Å². The van der Waals surface area contributed by atoms with Gasteiger partial charge in [-0.2, -0.15) is 0 Å². The molecule has 0 radical (unpaired) electrons. The number of sulfonamides is 1. The van der Waals surface area contributed by atoms with Crippen LogP contribution in [-0.2, 0) is 14.8 Å². The van der Waals surface area contributed by atoms with Crippen molar-refractivity contribution in [2.75, 3.05) is 39.2 Å². The lowest BCUT2D eigenvalue weighted by molar-refractivity contribution is 0.0503. The summed E-state index contributed by atoms with van der Waals surface area (Å²) >= 11 is 0. The zero-order valence-electron chi connectivity index (χ0n) is 19.9. The summed E-state index contributed by atoms with van der Waals surface area (Å²) in [7, 11) is 0.548. The van der Waals surface area contributed by atoms with Crippen molar-refractivity contribution in [1.29, 1.82) is 0 Å². The van der Waals surface area contributed by atoms with Crippen molar-refractivity contribution in [2.45, 2.75) is 4.90 Å². The fraction of sp³-hybridized carbons (Fsp3) is 0.200. The number of carbonyl (C=O) groups is 2. The van der Waals surface area contributed by atoms with Crippen LogP contribution in [0, 0.1) is 0 Å². The predicted octanol–water partition coefficient (Wildman–Crippen LogP) is 3.10. The molecule has 36 heavy (non-hydrogen) atoms. The summed E-state index contributed by atoms with van der Waals surface area (Å²) in [6, 6.07) is 16.8. The number of carbonyl (C=O) groups excluding carboxylic acids is 2. The van der Waals surface area contributed by atoms with E-state index in [2.05, 4.69) is 10.0 Å². The molecular formula is C25H26N2O8S. The number of ether oxygens (including phenoxy) is 4. The molecule has 0 fully saturated rings. The van der Waals surface area contributed by atoms with Crippen LogP contribution >= 0.6 is 0 Å². The molecule has 0 aromatic heterocycles. The number of benzene rings is 3. The standard InChI is InChI=1S/C25H26N2O8S/c1-32-21-15-18(16-22(33-2)23(21)34-3)24(28)26-13-14-35-25(29)17-9-11-20(12-10-17)36(30,31)27-19-7-5-4-6-8-19/h4-12,15-16,27H,13-14H2,1-3H3,(H,26,28). The van der Waals surface area contributed by atoms with Gasteiger partial charge in [0, 0.05) is 11.3 Å². The Bertz CT molecular complexity index is 1280. The van der Waals surface area contributed by atoms with Crippen molar-refractivity contribution < 1.29 is 37.0 Å². The average molecular weight is 515 g/mol. The maximum atomic E-state index is 12.5. The third kappa shape index (κ3) is 6.45. The number of para-hydroxylation sites is 1. The van der Waals surface area contributed by atoms with Crippen LogP contribution in [0.1, 0.15) is 20.7 Å². The molecule has 10 nitrogen and oxygen atoms in total. The van der Waals surface area contributed by atoms with Gasteiger partial charge < -0.3 is 24.3 Å². The van der Waals surface area contributed by atoms with Gasteiger partial charge in [-0.15, -0.1) is 0 Å². The number of esters is 1. The van der Waals surface area contributed by atoms with E-state index in [1.807, 2.05) is 0 Å². The minimum absolute atomic E-state index is 0.000476. The summed E-state index contributed by atoms with van der Waals surface area (Å²) < 4.78 is 48.4. The lowest BCUT2D eigenvalue weighted by atomic mass is 10.1. The molecule has 0 bridgehead atoms. The highest BCUT2D eigenvalue weighted by atomic mass is 32.2. The first-order valence-corrected chi connectivity index (χ1v) is 12.2. The minimum Gasteiger partial charge on any atom is -0.493 e. The highest BCUT2D eigenvalue weighted by Gasteiger charge is 2.18. The Morgan fingerprint density at radius 1 is 0.806 bits per heavy atom. The second-order valence-electron chi connectivity index (χ2n) is 7.30. The summed E-state index contributed by atoms with van der Waals surface area (Å²) in [6.45, 7) is -0.0424. The molecule has 0 heterocycles. The molecule has 3 aromatic carbocycles. The van der Waals surface area contributed by atoms with Crippen molar-refractivity contribution in [3.8, 4) is 17.2 Å². The quantitative estimate of drug-likeness (QED) is 0.295. The van der Waals surface area contributed by atoms with Crippen LogP contribution < -0.4 is 24.2 Å². The van der Waals surface area contributed by atoms with Gasteiger partial charge in [-0.05, 0) is 48.5 Å². The largest absolute Gasteiger partial charge is 0.493 e. The normalized spacial score (nSPS) is 10.8. The zero-order valence-corrected chi connectivity index (χ0v) is 20.8. The summed E-state index contributed by atoms with van der Waals surface area (Å²) in [5.41, 5.74) is 0.871. The van der Waals surface area contributed by atoms with Gasteiger partial charge in [0.2, 0.25) is 5.75 Å². The number of hydrogen-bond acceptors (Lipinski definition) is 8. The van der Waals surface area contributed by atoms with Crippen LogP contribution in [0.3, 0.4) is 0 Å². The van der Waals surface area contributed by atoms with E-state index in [-0.39, 0.29) is 29.2 Å². The summed E-state index contributed by atoms with van der Waals surface area (Å²) in [4.78, 5) is 24.8. The molecule has 0 aliphatic rings. The van der Waals surface area contributed by atoms with Gasteiger partial charge in [0.05, 0.1) is 38.3 Å². The van der Waals surface area contributed by atoms with Crippen molar-refractivity contribution in [2.24, 2.45) is 0 Å². The number of hydrogen-bond donors (Lipinski definition) is 2. The van der Waals surface area contributed by atoms with Crippen molar-refractivity contribution in [3.05, 3.63) is 77.9 Å². The molecule has 3 aromatic rings. The van der Waals surface area contributed by atoms with Crippen LogP contribution in [0.25, 0.3) is 0 Å². The number of methoxy groups -OCH3 is 3. The van der Waals surface area contributed by atoms with Crippen molar-refractivity contribution >= 4 is 27.6 Å². The van der Waals surface area contributed by atoms with Gasteiger partial charge in [0.1, 0.15) is 6.61 Å². The molecule has 0 unspecified atom stereocenters. The Morgan fingerprint density at radius 2 is 1.42 bits per heavy atom. The first-order valence-electron chi connectivity index (χ1n) is 10.7. The van der Waals surface area contributed by atoms with E-state index in [9.17, 15) is 18.0 Å². The molecular weight excluding hydrogens is 488 g/mol. The van der Waals surface area contributed by atoms with Gasteiger partial charge in [-0.1, -0.05) is 18.2 Å². The smallest absolute Gasteiger partial charge is 0.338 e. The van der Waals surface area contributed by atoms with E-state index in [1.54, 1.807) is 30.3 Å². The van der Waals surface area contributed by atoms with Crippen LogP contribution in [-0.4, -0.2) is 54.8 Å². The molecule has 0 aliphatic heterocycles. The molecule has 190 valence electrons. The second-order valence-corrected chi connectivity index (χ2v) is 8.98. The Balaban J connectivity index is 1.53. The fourth-order valence-electron chi connectivity index (χ4n) is 3.20. The van der Waals surface area contributed by atoms with E-state index < -0.39 is 21.9 Å². The number of amides is 1. The third-order valence-corrected chi connectivity index (χ3v) is 6.37. The van der Waals surface area contributed by atoms with E-state index in [4.69, 9.17) is 18.9 Å². The van der Waals surface area contributed by atoms with Crippen LogP contribution in [0.4, 0.5) is 5.69 Å². The molecule has 1 amide bonds. The number of anilines is 1. The molecule has 3 rings (SSSR count). The van der Waals surface area contributed by atoms with Crippen LogP contribution in [0.15, 0.2) is 71.6 Å². The second kappa shape index (κ2) is 11.9. The SMILES string of the molecule is COc1cc(C(=O)NCCOC(=O)c2ccc(S(=O)(=O)Nc3ccccc3)cc2)cc(OC)c1OC. The molecule has 0 saturated carbocycles. The minimum atomic E-state index is -3.80. The molecule has 0 atom stereocenters. The number of nitrogens with one attached hydrogen (secondary N) is 2. The van der Waals surface area contributed by atoms with Gasteiger partial charge in [0.25, 0.3) is 15.9 Å². The Labute approximate surface area is 209 Å². The molecule has 2 N–H and O–H groups in total. The molecule has 11 heteroatoms. The van der Waals surface area contributed by atoms with Gasteiger partial charge >= 0.3 is 5.97 Å². The first kappa shape index (κ1) is 26.4. The predicted molar refractivity (Wildman–Crippen MR) is 132 cm³/mol. The van der Waals surface area contributed by atoms with E-state index in [0.717, 1.165) is 0 Å². The summed E-state index contributed by atoms with van der Waals surface area (Å²) in [5, 5.41) is 2.64. The first-order chi connectivity index (χ1) is 17.3. The zero-order chi connectivity index (χ0) is 26.1. The van der Waals surface area contributed by atoms with Gasteiger partial charge in [0.15, 0.2) is 11.5 Å². The summed E-state index contributed by atoms with van der Waals surface area (Å²) in [6.07, 6.45) is 0. The van der Waals surface area contributed by atoms with E-state index in [1.165, 1.54) is 57.7 Å². The summed E-state index contributed by atoms with van der Waals surface area (Å²) in [5.74, 6) is -0.0568. The Hall–Kier alpha value is -4.25. The van der Waals surface area contributed by atoms with Crippen molar-refractivity contribution in [3.63, 3.8) is 0 Å². The molecule has 0 spiro atoms. The third-order valence-electron chi connectivity index (χ3n) is 4.97. The monoisotopic (exact) mass is 514 g/mol. The Kier molecular flexibility index (Phi) is 8.74. The fourth-order valence-corrected chi connectivity index (χ4v) is 4.25. The van der Waals surface area contributed by atoms with Crippen LogP contribution in [0.5, 0.6) is 17.2 Å².